The Bertz CT molecular complexity index is 183. The number of ether oxygens (including phenoxy) is 2. The first-order chi connectivity index (χ1) is 5.66. The number of methoxy groups -OCH3 is 1. The molecule has 4 heteroatoms. The zero-order valence-electron chi connectivity index (χ0n) is 7.20. The van der Waals surface area contributed by atoms with E-state index in [0.717, 1.165) is 12.2 Å². The lowest BCUT2D eigenvalue weighted by molar-refractivity contribution is -0.139. The lowest BCUT2D eigenvalue weighted by atomic mass is 10.4. The SMILES string of the molecule is COCCOC(=O)/C=C\C(C)=O. The number of rotatable bonds is 5. The van der Waals surface area contributed by atoms with Crippen LogP contribution < -0.4 is 0 Å². The van der Waals surface area contributed by atoms with Gasteiger partial charge in [0, 0.05) is 13.2 Å². The second kappa shape index (κ2) is 6.54. The zero-order chi connectivity index (χ0) is 9.40. The predicted octanol–water partition coefficient (Wildman–Crippen LogP) is 0.321. The Morgan fingerprint density at radius 1 is 1.25 bits per heavy atom. The Morgan fingerprint density at radius 2 is 1.92 bits per heavy atom. The van der Waals surface area contributed by atoms with Crippen molar-refractivity contribution in [2.75, 3.05) is 20.3 Å². The standard InChI is InChI=1S/C8H12O4/c1-7(9)3-4-8(10)12-6-5-11-2/h3-4H,5-6H2,1-2H3/b4-3-. The van der Waals surface area contributed by atoms with E-state index in [1.54, 1.807) is 0 Å². The van der Waals surface area contributed by atoms with E-state index in [0.29, 0.717) is 6.61 Å². The molecule has 0 saturated carbocycles. The molecule has 0 fully saturated rings. The highest BCUT2D eigenvalue weighted by atomic mass is 16.6. The van der Waals surface area contributed by atoms with E-state index in [2.05, 4.69) is 9.47 Å². The van der Waals surface area contributed by atoms with Crippen molar-refractivity contribution in [3.63, 3.8) is 0 Å². The largest absolute Gasteiger partial charge is 0.460 e. The Morgan fingerprint density at radius 3 is 2.42 bits per heavy atom. The van der Waals surface area contributed by atoms with Gasteiger partial charge < -0.3 is 9.47 Å². The van der Waals surface area contributed by atoms with Gasteiger partial charge >= 0.3 is 5.97 Å². The number of esters is 1. The van der Waals surface area contributed by atoms with Gasteiger partial charge in [-0.1, -0.05) is 0 Å². The third kappa shape index (κ3) is 6.95. The molecule has 0 amide bonds. The van der Waals surface area contributed by atoms with Gasteiger partial charge in [-0.15, -0.1) is 0 Å². The summed E-state index contributed by atoms with van der Waals surface area (Å²) in [5.74, 6) is -0.707. The average Bonchev–Trinajstić information content (AvgIpc) is 2.01. The number of ketones is 1. The molecular formula is C8H12O4. The fourth-order valence-electron chi connectivity index (χ4n) is 0.459. The summed E-state index contributed by atoms with van der Waals surface area (Å²) >= 11 is 0. The van der Waals surface area contributed by atoms with E-state index in [9.17, 15) is 9.59 Å². The van der Waals surface area contributed by atoms with Crippen molar-refractivity contribution in [1.29, 1.82) is 0 Å². The van der Waals surface area contributed by atoms with Gasteiger partial charge in [-0.2, -0.15) is 0 Å². The van der Waals surface area contributed by atoms with Gasteiger partial charge in [0.15, 0.2) is 5.78 Å². The van der Waals surface area contributed by atoms with Gasteiger partial charge in [-0.05, 0) is 13.0 Å². The summed E-state index contributed by atoms with van der Waals surface area (Å²) < 4.78 is 9.28. The summed E-state index contributed by atoms with van der Waals surface area (Å²) in [5, 5.41) is 0. The van der Waals surface area contributed by atoms with Crippen LogP contribution >= 0.6 is 0 Å². The van der Waals surface area contributed by atoms with Crippen molar-refractivity contribution in [1.82, 2.24) is 0 Å². The second-order valence-electron chi connectivity index (χ2n) is 2.10. The van der Waals surface area contributed by atoms with Crippen LogP contribution in [0.5, 0.6) is 0 Å². The minimum atomic E-state index is -0.526. The molecule has 0 aliphatic carbocycles. The van der Waals surface area contributed by atoms with Crippen LogP contribution in [0, 0.1) is 0 Å². The van der Waals surface area contributed by atoms with Crippen LogP contribution in [0.4, 0.5) is 0 Å². The van der Waals surface area contributed by atoms with Crippen molar-refractivity contribution < 1.29 is 19.1 Å². The quantitative estimate of drug-likeness (QED) is 0.340. The van der Waals surface area contributed by atoms with Crippen LogP contribution in [0.15, 0.2) is 12.2 Å². The smallest absolute Gasteiger partial charge is 0.330 e. The minimum Gasteiger partial charge on any atom is -0.460 e. The zero-order valence-corrected chi connectivity index (χ0v) is 7.20. The molecule has 0 aromatic heterocycles. The molecule has 0 rings (SSSR count). The van der Waals surface area contributed by atoms with Crippen LogP contribution in [0.3, 0.4) is 0 Å². The summed E-state index contributed by atoms with van der Waals surface area (Å²) in [6, 6.07) is 0. The van der Waals surface area contributed by atoms with Crippen LogP contribution in [-0.4, -0.2) is 32.1 Å². The molecule has 0 spiro atoms. The second-order valence-corrected chi connectivity index (χ2v) is 2.10. The third-order valence-corrected chi connectivity index (χ3v) is 0.986. The Balaban J connectivity index is 3.53. The molecule has 0 aromatic rings. The molecule has 0 heterocycles. The molecule has 12 heavy (non-hydrogen) atoms. The van der Waals surface area contributed by atoms with E-state index in [4.69, 9.17) is 0 Å². The lowest BCUT2D eigenvalue weighted by Crippen LogP contribution is -2.07. The summed E-state index contributed by atoms with van der Waals surface area (Å²) in [6.45, 7) is 1.93. The monoisotopic (exact) mass is 172 g/mol. The van der Waals surface area contributed by atoms with Crippen molar-refractivity contribution >= 4 is 11.8 Å². The number of hydrogen-bond acceptors (Lipinski definition) is 4. The van der Waals surface area contributed by atoms with E-state index in [1.165, 1.54) is 14.0 Å². The van der Waals surface area contributed by atoms with E-state index in [1.807, 2.05) is 0 Å². The predicted molar refractivity (Wildman–Crippen MR) is 42.7 cm³/mol. The molecule has 0 unspecified atom stereocenters. The molecule has 0 saturated heterocycles. The van der Waals surface area contributed by atoms with E-state index in [-0.39, 0.29) is 12.4 Å². The van der Waals surface area contributed by atoms with Gasteiger partial charge in [0.1, 0.15) is 6.61 Å². The minimum absolute atomic E-state index is 0.182. The van der Waals surface area contributed by atoms with E-state index >= 15 is 0 Å². The van der Waals surface area contributed by atoms with Gasteiger partial charge in [0.2, 0.25) is 0 Å². The van der Waals surface area contributed by atoms with Crippen molar-refractivity contribution in [2.24, 2.45) is 0 Å². The molecule has 0 radical (unpaired) electrons. The van der Waals surface area contributed by atoms with Crippen LogP contribution in [0.1, 0.15) is 6.92 Å². The highest BCUT2D eigenvalue weighted by molar-refractivity contribution is 5.94. The van der Waals surface area contributed by atoms with Crippen LogP contribution in [0.25, 0.3) is 0 Å². The first kappa shape index (κ1) is 10.8. The number of carbonyl (C=O) groups is 2. The van der Waals surface area contributed by atoms with Crippen molar-refractivity contribution in [2.45, 2.75) is 6.92 Å². The summed E-state index contributed by atoms with van der Waals surface area (Å²) in [6.07, 6.45) is 2.26. The highest BCUT2D eigenvalue weighted by Crippen LogP contribution is 1.83. The van der Waals surface area contributed by atoms with Gasteiger partial charge in [-0.3, -0.25) is 4.79 Å². The fraction of sp³-hybridized carbons (Fsp3) is 0.500. The molecule has 0 aliphatic rings. The Hall–Kier alpha value is -1.16. The number of carbonyl (C=O) groups excluding carboxylic acids is 2. The normalized spacial score (nSPS) is 10.2. The fourth-order valence-corrected chi connectivity index (χ4v) is 0.459. The lowest BCUT2D eigenvalue weighted by Gasteiger charge is -1.98. The van der Waals surface area contributed by atoms with E-state index < -0.39 is 5.97 Å². The van der Waals surface area contributed by atoms with Gasteiger partial charge in [0.05, 0.1) is 6.61 Å². The maximum atomic E-state index is 10.7. The topological polar surface area (TPSA) is 52.6 Å². The molecule has 68 valence electrons. The maximum absolute atomic E-state index is 10.7. The Kier molecular flexibility index (Phi) is 5.91. The Labute approximate surface area is 71.2 Å². The molecule has 0 bridgehead atoms. The molecular weight excluding hydrogens is 160 g/mol. The summed E-state index contributed by atoms with van der Waals surface area (Å²) in [5.41, 5.74) is 0. The maximum Gasteiger partial charge on any atom is 0.330 e. The van der Waals surface area contributed by atoms with Gasteiger partial charge in [0.25, 0.3) is 0 Å². The summed E-state index contributed by atoms with van der Waals surface area (Å²) in [7, 11) is 1.51. The molecule has 0 aliphatic heterocycles. The van der Waals surface area contributed by atoms with Crippen LogP contribution in [0.2, 0.25) is 0 Å². The summed E-state index contributed by atoms with van der Waals surface area (Å²) in [4.78, 5) is 21.1. The van der Waals surface area contributed by atoms with Crippen molar-refractivity contribution in [3.05, 3.63) is 12.2 Å². The molecule has 0 N–H and O–H groups in total. The van der Waals surface area contributed by atoms with Crippen LogP contribution in [-0.2, 0) is 19.1 Å². The number of allylic oxidation sites excluding steroid dienone is 1. The molecule has 4 nitrogen and oxygen atoms in total. The van der Waals surface area contributed by atoms with Crippen molar-refractivity contribution in [3.8, 4) is 0 Å². The third-order valence-electron chi connectivity index (χ3n) is 0.986. The van der Waals surface area contributed by atoms with Gasteiger partial charge in [-0.25, -0.2) is 4.79 Å². The number of hydrogen-bond donors (Lipinski definition) is 0. The molecule has 0 aromatic carbocycles. The first-order valence-corrected chi connectivity index (χ1v) is 3.51. The molecule has 0 atom stereocenters. The first-order valence-electron chi connectivity index (χ1n) is 3.51. The average molecular weight is 172 g/mol. The highest BCUT2D eigenvalue weighted by Gasteiger charge is 1.95.